The molecule has 6 heteroatoms. The number of methoxy groups -OCH3 is 1. The SMILES string of the molecule is COc1ccc(F)cc1CNC[C@@H]1COC[C@@H](O)[C@H]1O. The summed E-state index contributed by atoms with van der Waals surface area (Å²) < 4.78 is 23.6. The van der Waals surface area contributed by atoms with E-state index in [9.17, 15) is 14.6 Å². The highest BCUT2D eigenvalue weighted by atomic mass is 19.1. The quantitative estimate of drug-likeness (QED) is 0.725. The first-order chi connectivity index (χ1) is 9.61. The van der Waals surface area contributed by atoms with Crippen LogP contribution in [0.4, 0.5) is 4.39 Å². The molecular weight excluding hydrogens is 265 g/mol. The van der Waals surface area contributed by atoms with Crippen molar-refractivity contribution in [3.63, 3.8) is 0 Å². The van der Waals surface area contributed by atoms with Gasteiger partial charge in [0.05, 0.1) is 26.4 Å². The highest BCUT2D eigenvalue weighted by Crippen LogP contribution is 2.19. The number of aliphatic hydroxyl groups excluding tert-OH is 2. The van der Waals surface area contributed by atoms with Crippen molar-refractivity contribution in [1.82, 2.24) is 5.32 Å². The molecule has 1 aromatic carbocycles. The smallest absolute Gasteiger partial charge is 0.123 e. The lowest BCUT2D eigenvalue weighted by Crippen LogP contribution is -2.47. The summed E-state index contributed by atoms with van der Waals surface area (Å²) in [4.78, 5) is 0. The van der Waals surface area contributed by atoms with Gasteiger partial charge in [-0.15, -0.1) is 0 Å². The molecule has 0 bridgehead atoms. The Morgan fingerprint density at radius 3 is 2.95 bits per heavy atom. The number of nitrogens with one attached hydrogen (secondary N) is 1. The highest BCUT2D eigenvalue weighted by molar-refractivity contribution is 5.33. The summed E-state index contributed by atoms with van der Waals surface area (Å²) in [5, 5.41) is 22.5. The molecule has 1 aliphatic heterocycles. The Balaban J connectivity index is 1.88. The Kier molecular flexibility index (Phi) is 5.31. The Bertz CT molecular complexity index is 443. The van der Waals surface area contributed by atoms with E-state index in [-0.39, 0.29) is 18.3 Å². The van der Waals surface area contributed by atoms with Gasteiger partial charge in [0.2, 0.25) is 0 Å². The molecule has 1 aliphatic rings. The van der Waals surface area contributed by atoms with Crippen LogP contribution in [-0.2, 0) is 11.3 Å². The van der Waals surface area contributed by atoms with Crippen molar-refractivity contribution in [2.75, 3.05) is 26.9 Å². The number of ether oxygens (including phenoxy) is 2. The lowest BCUT2D eigenvalue weighted by Gasteiger charge is -2.31. The fraction of sp³-hybridized carbons (Fsp3) is 0.571. The van der Waals surface area contributed by atoms with E-state index in [4.69, 9.17) is 9.47 Å². The molecule has 112 valence electrons. The minimum absolute atomic E-state index is 0.162. The second kappa shape index (κ2) is 6.99. The summed E-state index contributed by atoms with van der Waals surface area (Å²) >= 11 is 0. The van der Waals surface area contributed by atoms with Gasteiger partial charge in [-0.3, -0.25) is 0 Å². The van der Waals surface area contributed by atoms with E-state index in [0.29, 0.717) is 31.0 Å². The van der Waals surface area contributed by atoms with Crippen LogP contribution in [0.25, 0.3) is 0 Å². The van der Waals surface area contributed by atoms with E-state index in [1.165, 1.54) is 19.2 Å². The molecule has 0 aromatic heterocycles. The maximum Gasteiger partial charge on any atom is 0.123 e. The molecule has 3 atom stereocenters. The molecule has 2 rings (SSSR count). The van der Waals surface area contributed by atoms with Crippen LogP contribution >= 0.6 is 0 Å². The molecule has 1 heterocycles. The molecule has 1 fully saturated rings. The minimum atomic E-state index is -0.848. The third-order valence-electron chi connectivity index (χ3n) is 3.46. The van der Waals surface area contributed by atoms with E-state index < -0.39 is 12.2 Å². The van der Waals surface area contributed by atoms with Crippen LogP contribution in [0.1, 0.15) is 5.56 Å². The van der Waals surface area contributed by atoms with Crippen molar-refractivity contribution in [3.8, 4) is 5.75 Å². The molecule has 5 nitrogen and oxygen atoms in total. The van der Waals surface area contributed by atoms with Crippen LogP contribution in [0.15, 0.2) is 18.2 Å². The monoisotopic (exact) mass is 285 g/mol. The molecular formula is C14H20FNO4. The predicted octanol–water partition coefficient (Wildman–Crippen LogP) is 0.292. The van der Waals surface area contributed by atoms with E-state index in [1.54, 1.807) is 6.07 Å². The maximum absolute atomic E-state index is 13.2. The molecule has 3 N–H and O–H groups in total. The largest absolute Gasteiger partial charge is 0.496 e. The lowest BCUT2D eigenvalue weighted by atomic mass is 9.96. The van der Waals surface area contributed by atoms with Crippen LogP contribution in [0, 0.1) is 11.7 Å². The lowest BCUT2D eigenvalue weighted by molar-refractivity contribution is -0.119. The summed E-state index contributed by atoms with van der Waals surface area (Å²) in [7, 11) is 1.53. The molecule has 0 aliphatic carbocycles. The average Bonchev–Trinajstić information content (AvgIpc) is 2.44. The third-order valence-corrected chi connectivity index (χ3v) is 3.46. The zero-order valence-corrected chi connectivity index (χ0v) is 11.4. The number of aliphatic hydroxyl groups is 2. The topological polar surface area (TPSA) is 71.0 Å². The molecule has 0 unspecified atom stereocenters. The van der Waals surface area contributed by atoms with Gasteiger partial charge in [0.1, 0.15) is 17.7 Å². The molecule has 1 saturated heterocycles. The molecule has 0 spiro atoms. The number of hydrogen-bond donors (Lipinski definition) is 3. The summed E-state index contributed by atoms with van der Waals surface area (Å²) in [6, 6.07) is 4.33. The first-order valence-electron chi connectivity index (χ1n) is 6.59. The first kappa shape index (κ1) is 15.2. The molecule has 0 amide bonds. The van der Waals surface area contributed by atoms with Gasteiger partial charge in [0, 0.05) is 24.6 Å². The summed E-state index contributed by atoms with van der Waals surface area (Å²) in [6.07, 6.45) is -1.65. The van der Waals surface area contributed by atoms with Gasteiger partial charge in [-0.05, 0) is 18.2 Å². The predicted molar refractivity (Wildman–Crippen MR) is 71.0 cm³/mol. The van der Waals surface area contributed by atoms with Crippen LogP contribution in [0.5, 0.6) is 5.75 Å². The number of halogens is 1. The number of benzene rings is 1. The number of rotatable bonds is 5. The van der Waals surface area contributed by atoms with E-state index in [2.05, 4.69) is 5.32 Å². The van der Waals surface area contributed by atoms with Crippen LogP contribution in [0.2, 0.25) is 0 Å². The van der Waals surface area contributed by atoms with Gasteiger partial charge in [-0.25, -0.2) is 4.39 Å². The fourth-order valence-corrected chi connectivity index (χ4v) is 2.31. The van der Waals surface area contributed by atoms with Crippen molar-refractivity contribution in [3.05, 3.63) is 29.6 Å². The Morgan fingerprint density at radius 2 is 2.20 bits per heavy atom. The van der Waals surface area contributed by atoms with Gasteiger partial charge < -0.3 is 25.0 Å². The van der Waals surface area contributed by atoms with Gasteiger partial charge >= 0.3 is 0 Å². The van der Waals surface area contributed by atoms with Crippen LogP contribution < -0.4 is 10.1 Å². The fourth-order valence-electron chi connectivity index (χ4n) is 2.31. The van der Waals surface area contributed by atoms with Crippen LogP contribution in [0.3, 0.4) is 0 Å². The Morgan fingerprint density at radius 1 is 1.40 bits per heavy atom. The standard InChI is InChI=1S/C14H20FNO4/c1-19-13-3-2-11(15)4-9(13)5-16-6-10-7-20-8-12(17)14(10)18/h2-4,10,12,14,16-18H,5-8H2,1H3/t10-,12-,14+/m1/s1. The van der Waals surface area contributed by atoms with Crippen molar-refractivity contribution in [2.24, 2.45) is 5.92 Å². The summed E-state index contributed by atoms with van der Waals surface area (Å²) in [6.45, 7) is 1.44. The van der Waals surface area contributed by atoms with Crippen molar-refractivity contribution in [2.45, 2.75) is 18.8 Å². The first-order valence-corrected chi connectivity index (χ1v) is 6.59. The molecule has 0 saturated carbocycles. The third kappa shape index (κ3) is 3.67. The Labute approximate surface area is 117 Å². The highest BCUT2D eigenvalue weighted by Gasteiger charge is 2.30. The van der Waals surface area contributed by atoms with Crippen molar-refractivity contribution in [1.29, 1.82) is 0 Å². The second-order valence-electron chi connectivity index (χ2n) is 4.94. The van der Waals surface area contributed by atoms with Crippen LogP contribution in [-0.4, -0.2) is 49.3 Å². The van der Waals surface area contributed by atoms with Crippen molar-refractivity contribution >= 4 is 0 Å². The van der Waals surface area contributed by atoms with Crippen molar-refractivity contribution < 1.29 is 24.1 Å². The average molecular weight is 285 g/mol. The maximum atomic E-state index is 13.2. The normalized spacial score (nSPS) is 26.5. The molecule has 20 heavy (non-hydrogen) atoms. The minimum Gasteiger partial charge on any atom is -0.496 e. The van der Waals surface area contributed by atoms with E-state index >= 15 is 0 Å². The number of hydrogen-bond acceptors (Lipinski definition) is 5. The summed E-state index contributed by atoms with van der Waals surface area (Å²) in [5.41, 5.74) is 0.708. The van der Waals surface area contributed by atoms with Gasteiger partial charge in [-0.2, -0.15) is 0 Å². The Hall–Kier alpha value is -1.21. The van der Waals surface area contributed by atoms with E-state index in [0.717, 1.165) is 0 Å². The molecule has 0 radical (unpaired) electrons. The second-order valence-corrected chi connectivity index (χ2v) is 4.94. The molecule has 1 aromatic rings. The zero-order valence-electron chi connectivity index (χ0n) is 11.4. The summed E-state index contributed by atoms with van der Waals surface area (Å²) in [5.74, 6) is 0.108. The van der Waals surface area contributed by atoms with Gasteiger partial charge in [0.25, 0.3) is 0 Å². The zero-order chi connectivity index (χ0) is 14.5. The van der Waals surface area contributed by atoms with Gasteiger partial charge in [0.15, 0.2) is 0 Å². The van der Waals surface area contributed by atoms with E-state index in [1.807, 2.05) is 0 Å². The van der Waals surface area contributed by atoms with Gasteiger partial charge in [-0.1, -0.05) is 0 Å².